The smallest absolute Gasteiger partial charge is 0.337 e. The second-order valence-electron chi connectivity index (χ2n) is 6.75. The van der Waals surface area contributed by atoms with Gasteiger partial charge in [0.25, 0.3) is 10.0 Å². The summed E-state index contributed by atoms with van der Waals surface area (Å²) in [5.74, 6) is -0.332. The molecule has 0 amide bonds. The summed E-state index contributed by atoms with van der Waals surface area (Å²) in [4.78, 5) is 14.9. The van der Waals surface area contributed by atoms with Crippen LogP contribution in [0.1, 0.15) is 0 Å². The zero-order valence-electron chi connectivity index (χ0n) is 16.9. The lowest BCUT2D eigenvalue weighted by Crippen LogP contribution is -2.53. The van der Waals surface area contributed by atoms with Gasteiger partial charge in [-0.3, -0.25) is 4.90 Å². The maximum atomic E-state index is 13.1. The van der Waals surface area contributed by atoms with E-state index in [0.717, 1.165) is 12.4 Å². The van der Waals surface area contributed by atoms with Gasteiger partial charge in [0, 0.05) is 14.1 Å². The van der Waals surface area contributed by atoms with Crippen LogP contribution < -0.4 is 4.74 Å². The molecule has 2 unspecified atom stereocenters. The van der Waals surface area contributed by atoms with Gasteiger partial charge in [-0.1, -0.05) is 29.8 Å². The highest BCUT2D eigenvalue weighted by atomic mass is 35.5. The summed E-state index contributed by atoms with van der Waals surface area (Å²) in [6, 6.07) is 7.76. The number of carbonyl (C=O) groups is 1. The number of hydrogen-bond donors (Lipinski definition) is 0. The van der Waals surface area contributed by atoms with Crippen LogP contribution in [0.4, 0.5) is 0 Å². The molecule has 0 saturated heterocycles. The molecule has 0 spiro atoms. The van der Waals surface area contributed by atoms with Gasteiger partial charge in [-0.2, -0.15) is 8.42 Å². The van der Waals surface area contributed by atoms with Crippen LogP contribution in [-0.2, 0) is 19.6 Å². The Morgan fingerprint density at radius 3 is 2.34 bits per heavy atom. The Morgan fingerprint density at radius 2 is 1.83 bits per heavy atom. The number of para-hydroxylation sites is 1. The molecule has 1 aromatic rings. The number of halogens is 1. The van der Waals surface area contributed by atoms with Crippen molar-refractivity contribution in [1.29, 1.82) is 0 Å². The number of ether oxygens (including phenoxy) is 2. The van der Waals surface area contributed by atoms with E-state index >= 15 is 0 Å². The van der Waals surface area contributed by atoms with E-state index in [9.17, 15) is 13.2 Å². The molecule has 0 radical (unpaired) electrons. The normalized spacial score (nSPS) is 22.2. The molecule has 1 aromatic carbocycles. The van der Waals surface area contributed by atoms with Crippen molar-refractivity contribution < 1.29 is 22.7 Å². The summed E-state index contributed by atoms with van der Waals surface area (Å²) in [6.07, 6.45) is 3.79. The van der Waals surface area contributed by atoms with E-state index in [1.807, 2.05) is 0 Å². The molecule has 158 valence electrons. The van der Waals surface area contributed by atoms with Crippen molar-refractivity contribution in [2.45, 2.75) is 11.1 Å². The predicted octanol–water partition coefficient (Wildman–Crippen LogP) is 1.85. The van der Waals surface area contributed by atoms with Gasteiger partial charge in [0.15, 0.2) is 0 Å². The van der Waals surface area contributed by atoms with Crippen LogP contribution in [0, 0.1) is 0 Å². The second-order valence-corrected chi connectivity index (χ2v) is 8.91. The molecule has 2 atom stereocenters. The molecule has 0 aliphatic heterocycles. The maximum Gasteiger partial charge on any atom is 0.337 e. The second kappa shape index (κ2) is 8.98. The van der Waals surface area contributed by atoms with Crippen molar-refractivity contribution in [3.05, 3.63) is 53.0 Å². The summed E-state index contributed by atoms with van der Waals surface area (Å²) < 4.78 is 40.5. The van der Waals surface area contributed by atoms with Crippen molar-refractivity contribution >= 4 is 33.9 Å². The number of esters is 1. The van der Waals surface area contributed by atoms with Crippen molar-refractivity contribution in [2.75, 3.05) is 35.3 Å². The van der Waals surface area contributed by atoms with Gasteiger partial charge < -0.3 is 14.4 Å². The van der Waals surface area contributed by atoms with Crippen molar-refractivity contribution in [1.82, 2.24) is 9.80 Å². The van der Waals surface area contributed by atoms with E-state index in [4.69, 9.17) is 21.1 Å². The van der Waals surface area contributed by atoms with Gasteiger partial charge in [-0.05, 0) is 38.4 Å². The molecular formula is C19H24ClN3O5S. The standard InChI is InChI=1S/C19H24ClN3O5S/c1-22(2)13-21-29(25,26)17-12-14(18(24)27-5)11-16(23(3)4)19(17,20)28-15-9-7-6-8-10-15/h6-13,16H,1-5H3. The van der Waals surface area contributed by atoms with Crippen LogP contribution in [0.15, 0.2) is 57.4 Å². The van der Waals surface area contributed by atoms with E-state index in [1.165, 1.54) is 18.1 Å². The topological polar surface area (TPSA) is 88.5 Å². The maximum absolute atomic E-state index is 13.1. The zero-order chi connectivity index (χ0) is 21.8. The van der Waals surface area contributed by atoms with Crippen molar-refractivity contribution in [3.8, 4) is 5.75 Å². The first kappa shape index (κ1) is 22.9. The Bertz CT molecular complexity index is 942. The number of nitrogens with zero attached hydrogens (tertiary/aromatic N) is 3. The fraction of sp³-hybridized carbons (Fsp3) is 0.368. The molecule has 0 bridgehead atoms. The third-order valence-corrected chi connectivity index (χ3v) is 5.99. The monoisotopic (exact) mass is 441 g/mol. The number of methoxy groups -OCH3 is 1. The molecule has 0 N–H and O–H groups in total. The highest BCUT2D eigenvalue weighted by Crippen LogP contribution is 2.42. The lowest BCUT2D eigenvalue weighted by atomic mass is 9.98. The van der Waals surface area contributed by atoms with E-state index in [-0.39, 0.29) is 10.5 Å². The Labute approximate surface area is 176 Å². The molecule has 0 heterocycles. The number of carbonyl (C=O) groups excluding carboxylic acids is 1. The van der Waals surface area contributed by atoms with Gasteiger partial charge in [-0.25, -0.2) is 4.79 Å². The fourth-order valence-corrected chi connectivity index (χ4v) is 4.58. The third kappa shape index (κ3) is 5.17. The largest absolute Gasteiger partial charge is 0.465 e. The average Bonchev–Trinajstić information content (AvgIpc) is 2.66. The first-order chi connectivity index (χ1) is 13.5. The lowest BCUT2D eigenvalue weighted by Gasteiger charge is -2.40. The number of likely N-dealkylation sites (N-methyl/N-ethyl adjacent to an activating group) is 1. The van der Waals surface area contributed by atoms with Gasteiger partial charge in [0.1, 0.15) is 17.0 Å². The highest BCUT2D eigenvalue weighted by Gasteiger charge is 2.51. The van der Waals surface area contributed by atoms with E-state index in [0.29, 0.717) is 5.75 Å². The van der Waals surface area contributed by atoms with Gasteiger partial charge >= 0.3 is 5.97 Å². The molecule has 8 nitrogen and oxygen atoms in total. The van der Waals surface area contributed by atoms with E-state index < -0.39 is 27.1 Å². The molecule has 10 heteroatoms. The Morgan fingerprint density at radius 1 is 1.21 bits per heavy atom. The fourth-order valence-electron chi connectivity index (χ4n) is 2.67. The molecule has 0 fully saturated rings. The number of hydrogen-bond acceptors (Lipinski definition) is 6. The third-order valence-electron chi connectivity index (χ3n) is 4.02. The molecule has 1 aliphatic carbocycles. The van der Waals surface area contributed by atoms with Crippen molar-refractivity contribution in [2.24, 2.45) is 4.40 Å². The molecule has 0 saturated carbocycles. The summed E-state index contributed by atoms with van der Waals surface area (Å²) in [5.41, 5.74) is 0.0396. The Balaban J connectivity index is 2.69. The number of rotatable bonds is 7. The molecular weight excluding hydrogens is 418 g/mol. The van der Waals surface area contributed by atoms with Crippen LogP contribution >= 0.6 is 11.6 Å². The van der Waals surface area contributed by atoms with Crippen LogP contribution in [0.2, 0.25) is 0 Å². The Kier molecular flexibility index (Phi) is 7.10. The SMILES string of the molecule is COC(=O)C1=CC(N(C)C)C(Cl)(Oc2ccccc2)C(S(=O)(=O)N=CN(C)C)=C1. The van der Waals surface area contributed by atoms with Crippen LogP contribution in [0.3, 0.4) is 0 Å². The molecule has 1 aliphatic rings. The summed E-state index contributed by atoms with van der Waals surface area (Å²) in [6.45, 7) is 0. The summed E-state index contributed by atoms with van der Waals surface area (Å²) >= 11 is 6.85. The van der Waals surface area contributed by atoms with Gasteiger partial charge in [0.2, 0.25) is 5.06 Å². The van der Waals surface area contributed by atoms with Gasteiger partial charge in [-0.15, -0.1) is 4.40 Å². The first-order valence-corrected chi connectivity index (χ1v) is 10.4. The summed E-state index contributed by atoms with van der Waals surface area (Å²) in [5, 5.41) is -1.87. The molecule has 29 heavy (non-hydrogen) atoms. The number of sulfonamides is 1. The number of benzene rings is 1. The first-order valence-electron chi connectivity index (χ1n) is 8.60. The molecule has 0 aromatic heterocycles. The Hall–Kier alpha value is -2.36. The van der Waals surface area contributed by atoms with Gasteiger partial charge in [0.05, 0.1) is 18.7 Å². The average molecular weight is 442 g/mol. The lowest BCUT2D eigenvalue weighted by molar-refractivity contribution is -0.135. The highest BCUT2D eigenvalue weighted by molar-refractivity contribution is 7.94. The minimum atomic E-state index is -4.29. The zero-order valence-corrected chi connectivity index (χ0v) is 18.4. The van der Waals surface area contributed by atoms with E-state index in [2.05, 4.69) is 4.40 Å². The van der Waals surface area contributed by atoms with Crippen molar-refractivity contribution in [3.63, 3.8) is 0 Å². The number of alkyl halides is 1. The van der Waals surface area contributed by atoms with Crippen LogP contribution in [-0.4, -0.2) is 76.9 Å². The van der Waals surface area contributed by atoms with Crippen LogP contribution in [0.5, 0.6) is 5.75 Å². The van der Waals surface area contributed by atoms with Crippen LogP contribution in [0.25, 0.3) is 0 Å². The minimum Gasteiger partial charge on any atom is -0.465 e. The summed E-state index contributed by atoms with van der Waals surface area (Å²) in [7, 11) is 3.57. The predicted molar refractivity (Wildman–Crippen MR) is 112 cm³/mol. The van der Waals surface area contributed by atoms with E-state index in [1.54, 1.807) is 63.4 Å². The minimum absolute atomic E-state index is 0.0396. The quantitative estimate of drug-likeness (QED) is 0.276. The molecule has 2 rings (SSSR count).